The third-order valence-electron chi connectivity index (χ3n) is 1.62. The summed E-state index contributed by atoms with van der Waals surface area (Å²) in [5.74, 6) is 1.22. The van der Waals surface area contributed by atoms with Crippen LogP contribution in [-0.2, 0) is 0 Å². The fourth-order valence-corrected chi connectivity index (χ4v) is 1.15. The Morgan fingerprint density at radius 2 is 2.36 bits per heavy atom. The zero-order valence-electron chi connectivity index (χ0n) is 8.08. The molecule has 1 N–H and O–H groups in total. The van der Waals surface area contributed by atoms with E-state index in [1.165, 1.54) is 0 Å². The van der Waals surface area contributed by atoms with Crippen LogP contribution < -0.4 is 5.32 Å². The molecule has 0 bridgehead atoms. The van der Waals surface area contributed by atoms with Gasteiger partial charge in [-0.1, -0.05) is 11.6 Å². The number of hydrogen-bond donors (Lipinski definition) is 1. The standard InChI is InChI=1S/C9H11ClN4/c1-6(4-11)5-12-9-3-8(10)13-7(2)14-9/h3,6H,5H2,1-2H3,(H,12,13,14)/t6-/m0/s1. The lowest BCUT2D eigenvalue weighted by atomic mass is 10.2. The van der Waals surface area contributed by atoms with Crippen molar-refractivity contribution in [3.05, 3.63) is 17.0 Å². The second kappa shape index (κ2) is 4.77. The third kappa shape index (κ3) is 3.19. The van der Waals surface area contributed by atoms with Gasteiger partial charge in [-0.15, -0.1) is 0 Å². The summed E-state index contributed by atoms with van der Waals surface area (Å²) in [5.41, 5.74) is 0. The molecule has 0 saturated carbocycles. The molecule has 1 rings (SSSR count). The van der Waals surface area contributed by atoms with Gasteiger partial charge in [0.1, 0.15) is 16.8 Å². The van der Waals surface area contributed by atoms with Gasteiger partial charge in [0.2, 0.25) is 0 Å². The molecule has 1 aromatic heterocycles. The number of nitriles is 1. The highest BCUT2D eigenvalue weighted by molar-refractivity contribution is 6.29. The molecule has 0 spiro atoms. The van der Waals surface area contributed by atoms with E-state index in [0.717, 1.165) is 0 Å². The molecule has 4 nitrogen and oxygen atoms in total. The first-order chi connectivity index (χ1) is 6.61. The van der Waals surface area contributed by atoms with Crippen LogP contribution in [0.4, 0.5) is 5.82 Å². The largest absolute Gasteiger partial charge is 0.369 e. The maximum absolute atomic E-state index is 8.57. The molecule has 1 heterocycles. The molecule has 0 amide bonds. The molecule has 74 valence electrons. The van der Waals surface area contributed by atoms with Gasteiger partial charge in [-0.3, -0.25) is 0 Å². The van der Waals surface area contributed by atoms with E-state index in [-0.39, 0.29) is 5.92 Å². The molecule has 14 heavy (non-hydrogen) atoms. The van der Waals surface area contributed by atoms with Crippen molar-refractivity contribution >= 4 is 17.4 Å². The van der Waals surface area contributed by atoms with Crippen molar-refractivity contribution < 1.29 is 0 Å². The van der Waals surface area contributed by atoms with Gasteiger partial charge >= 0.3 is 0 Å². The lowest BCUT2D eigenvalue weighted by Crippen LogP contribution is -2.11. The van der Waals surface area contributed by atoms with Gasteiger partial charge in [0.15, 0.2) is 0 Å². The molecule has 1 atom stereocenters. The van der Waals surface area contributed by atoms with Crippen molar-refractivity contribution in [2.24, 2.45) is 5.92 Å². The summed E-state index contributed by atoms with van der Waals surface area (Å²) >= 11 is 5.74. The van der Waals surface area contributed by atoms with E-state index in [4.69, 9.17) is 16.9 Å². The van der Waals surface area contributed by atoms with Gasteiger partial charge in [0, 0.05) is 12.6 Å². The molecule has 0 aliphatic rings. The highest BCUT2D eigenvalue weighted by Gasteiger charge is 2.02. The second-order valence-corrected chi connectivity index (χ2v) is 3.42. The summed E-state index contributed by atoms with van der Waals surface area (Å²) in [4.78, 5) is 8.06. The van der Waals surface area contributed by atoms with E-state index in [0.29, 0.717) is 23.3 Å². The number of nitrogens with one attached hydrogen (secondary N) is 1. The molecule has 5 heteroatoms. The minimum absolute atomic E-state index is 0.0518. The van der Waals surface area contributed by atoms with Crippen molar-refractivity contribution in [3.8, 4) is 6.07 Å². The molecule has 0 saturated heterocycles. The molecule has 1 aromatic rings. The fourth-order valence-electron chi connectivity index (χ4n) is 0.925. The summed E-state index contributed by atoms with van der Waals surface area (Å²) in [5, 5.41) is 12.0. The van der Waals surface area contributed by atoms with Gasteiger partial charge in [0.25, 0.3) is 0 Å². The molecule has 0 radical (unpaired) electrons. The van der Waals surface area contributed by atoms with Gasteiger partial charge in [-0.25, -0.2) is 9.97 Å². The lowest BCUT2D eigenvalue weighted by Gasteiger charge is -2.06. The maximum Gasteiger partial charge on any atom is 0.134 e. The Morgan fingerprint density at radius 3 is 2.93 bits per heavy atom. The predicted molar refractivity (Wildman–Crippen MR) is 55.0 cm³/mol. The topological polar surface area (TPSA) is 61.6 Å². The van der Waals surface area contributed by atoms with Gasteiger partial charge in [-0.05, 0) is 13.8 Å². The van der Waals surface area contributed by atoms with Crippen LogP contribution in [0.5, 0.6) is 0 Å². The minimum atomic E-state index is -0.0518. The first kappa shape index (κ1) is 10.7. The fraction of sp³-hybridized carbons (Fsp3) is 0.444. The Balaban J connectivity index is 2.64. The Kier molecular flexibility index (Phi) is 3.66. The highest BCUT2D eigenvalue weighted by Crippen LogP contribution is 2.11. The maximum atomic E-state index is 8.57. The highest BCUT2D eigenvalue weighted by atomic mass is 35.5. The van der Waals surface area contributed by atoms with Crippen molar-refractivity contribution in [1.29, 1.82) is 5.26 Å². The summed E-state index contributed by atoms with van der Waals surface area (Å²) in [6, 6.07) is 3.76. The van der Waals surface area contributed by atoms with Crippen LogP contribution in [0.3, 0.4) is 0 Å². The van der Waals surface area contributed by atoms with Crippen LogP contribution >= 0.6 is 11.6 Å². The Morgan fingerprint density at radius 1 is 1.64 bits per heavy atom. The molecular formula is C9H11ClN4. The van der Waals surface area contributed by atoms with E-state index in [2.05, 4.69) is 21.4 Å². The summed E-state index contributed by atoms with van der Waals surface area (Å²) in [7, 11) is 0. The second-order valence-electron chi connectivity index (χ2n) is 3.03. The van der Waals surface area contributed by atoms with Crippen LogP contribution in [0.15, 0.2) is 6.07 Å². The van der Waals surface area contributed by atoms with Crippen molar-refractivity contribution in [2.75, 3.05) is 11.9 Å². The summed E-state index contributed by atoms with van der Waals surface area (Å²) in [6.07, 6.45) is 0. The molecule has 0 aromatic carbocycles. The van der Waals surface area contributed by atoms with E-state index >= 15 is 0 Å². The molecular weight excluding hydrogens is 200 g/mol. The van der Waals surface area contributed by atoms with Crippen molar-refractivity contribution in [3.63, 3.8) is 0 Å². The molecule has 0 fully saturated rings. The zero-order valence-corrected chi connectivity index (χ0v) is 8.84. The SMILES string of the molecule is Cc1nc(Cl)cc(NC[C@@H](C)C#N)n1. The number of hydrogen-bond acceptors (Lipinski definition) is 4. The lowest BCUT2D eigenvalue weighted by molar-refractivity contribution is 0.781. The van der Waals surface area contributed by atoms with Crippen molar-refractivity contribution in [2.45, 2.75) is 13.8 Å². The number of rotatable bonds is 3. The molecule has 0 aliphatic heterocycles. The summed E-state index contributed by atoms with van der Waals surface area (Å²) in [6.45, 7) is 4.16. The number of aromatic nitrogens is 2. The van der Waals surface area contributed by atoms with E-state index in [1.807, 2.05) is 6.92 Å². The number of anilines is 1. The first-order valence-corrected chi connectivity index (χ1v) is 4.64. The van der Waals surface area contributed by atoms with Crippen LogP contribution in [0.2, 0.25) is 5.15 Å². The normalized spacial score (nSPS) is 11.9. The summed E-state index contributed by atoms with van der Waals surface area (Å²) < 4.78 is 0. The third-order valence-corrected chi connectivity index (χ3v) is 1.81. The number of halogens is 1. The minimum Gasteiger partial charge on any atom is -0.369 e. The van der Waals surface area contributed by atoms with Gasteiger partial charge in [-0.2, -0.15) is 5.26 Å². The van der Waals surface area contributed by atoms with E-state index < -0.39 is 0 Å². The molecule has 0 unspecified atom stereocenters. The Labute approximate surface area is 87.9 Å². The van der Waals surface area contributed by atoms with Gasteiger partial charge < -0.3 is 5.32 Å². The van der Waals surface area contributed by atoms with Crippen LogP contribution in [-0.4, -0.2) is 16.5 Å². The van der Waals surface area contributed by atoms with Crippen LogP contribution in [0.1, 0.15) is 12.7 Å². The number of nitrogens with zero attached hydrogens (tertiary/aromatic N) is 3. The molecule has 0 aliphatic carbocycles. The Hall–Kier alpha value is -1.34. The average molecular weight is 211 g/mol. The number of aryl methyl sites for hydroxylation is 1. The average Bonchev–Trinajstić information content (AvgIpc) is 2.12. The van der Waals surface area contributed by atoms with Crippen molar-refractivity contribution in [1.82, 2.24) is 9.97 Å². The quantitative estimate of drug-likeness (QED) is 0.776. The van der Waals surface area contributed by atoms with Gasteiger partial charge in [0.05, 0.1) is 12.0 Å². The first-order valence-electron chi connectivity index (χ1n) is 4.26. The predicted octanol–water partition coefficient (Wildman–Crippen LogP) is 2.01. The monoisotopic (exact) mass is 210 g/mol. The van der Waals surface area contributed by atoms with Crippen LogP contribution in [0, 0.1) is 24.2 Å². The Bertz CT molecular complexity index is 338. The van der Waals surface area contributed by atoms with E-state index in [9.17, 15) is 0 Å². The zero-order chi connectivity index (χ0) is 10.6. The smallest absolute Gasteiger partial charge is 0.134 e. The van der Waals surface area contributed by atoms with E-state index in [1.54, 1.807) is 13.0 Å². The van der Waals surface area contributed by atoms with Crippen LogP contribution in [0.25, 0.3) is 0 Å².